The molecule has 0 bridgehead atoms. The van der Waals surface area contributed by atoms with Crippen molar-refractivity contribution in [2.24, 2.45) is 0 Å². The van der Waals surface area contributed by atoms with E-state index in [-0.39, 0.29) is 11.6 Å². The van der Waals surface area contributed by atoms with Crippen LogP contribution in [-0.4, -0.2) is 28.7 Å². The van der Waals surface area contributed by atoms with Gasteiger partial charge >= 0.3 is 0 Å². The van der Waals surface area contributed by atoms with E-state index in [1.807, 2.05) is 4.31 Å². The average Bonchev–Trinajstić information content (AvgIpc) is 2.30. The fourth-order valence-corrected chi connectivity index (χ4v) is 2.08. The highest BCUT2D eigenvalue weighted by atomic mass is 32.2. The van der Waals surface area contributed by atoms with Gasteiger partial charge in [-0.05, 0) is 27.7 Å². The van der Waals surface area contributed by atoms with Crippen molar-refractivity contribution in [1.29, 1.82) is 0 Å². The molecule has 0 amide bonds. The van der Waals surface area contributed by atoms with Crippen molar-refractivity contribution in [2.45, 2.75) is 45.4 Å². The highest BCUT2D eigenvalue weighted by Crippen LogP contribution is 2.34. The van der Waals surface area contributed by atoms with Gasteiger partial charge in [0.25, 0.3) is 0 Å². The molecule has 12 heavy (non-hydrogen) atoms. The lowest BCUT2D eigenvalue weighted by molar-refractivity contribution is 0.137. The molecule has 0 spiro atoms. The van der Waals surface area contributed by atoms with Gasteiger partial charge < -0.3 is 0 Å². The van der Waals surface area contributed by atoms with Gasteiger partial charge in [0.05, 0.1) is 24.9 Å². The van der Waals surface area contributed by atoms with E-state index in [4.69, 9.17) is 4.18 Å². The quantitative estimate of drug-likeness (QED) is 0.469. The number of alkyl halides is 1. The molecule has 2 nitrogen and oxygen atoms in total. The van der Waals surface area contributed by atoms with Gasteiger partial charge in [-0.3, -0.25) is 4.18 Å². The highest BCUT2D eigenvalue weighted by molar-refractivity contribution is 7.92. The minimum Gasteiger partial charge on any atom is -0.299 e. The fraction of sp³-hybridized carbons (Fsp3) is 1.00. The van der Waals surface area contributed by atoms with Gasteiger partial charge in [-0.2, -0.15) is 0 Å². The molecule has 1 aliphatic heterocycles. The van der Waals surface area contributed by atoms with Crippen LogP contribution >= 0.6 is 12.2 Å². The smallest absolute Gasteiger partial charge is 0.116 e. The van der Waals surface area contributed by atoms with E-state index >= 15 is 0 Å². The molecule has 0 radical (unpaired) electrons. The molecule has 1 fully saturated rings. The third kappa shape index (κ3) is 2.12. The summed E-state index contributed by atoms with van der Waals surface area (Å²) in [4.78, 5) is 0. The van der Waals surface area contributed by atoms with Gasteiger partial charge in [0, 0.05) is 5.54 Å². The molecule has 0 aliphatic carbocycles. The third-order valence-corrected chi connectivity index (χ3v) is 3.08. The second-order valence-corrected chi connectivity index (χ2v) is 4.88. The molecule has 0 aromatic heterocycles. The van der Waals surface area contributed by atoms with Crippen LogP contribution in [0, 0.1) is 0 Å². The Morgan fingerprint density at radius 1 is 1.58 bits per heavy atom. The number of nitrogens with zero attached hydrogens (tertiary/aromatic N) is 1. The van der Waals surface area contributed by atoms with E-state index in [0.717, 1.165) is 0 Å². The molecule has 0 aromatic rings. The molecule has 1 saturated heterocycles. The molecule has 0 N–H and O–H groups in total. The van der Waals surface area contributed by atoms with E-state index in [9.17, 15) is 4.39 Å². The second kappa shape index (κ2) is 3.52. The van der Waals surface area contributed by atoms with Crippen LogP contribution in [0.1, 0.15) is 27.7 Å². The molecule has 1 aliphatic rings. The normalized spacial score (nSPS) is 29.2. The van der Waals surface area contributed by atoms with E-state index in [2.05, 4.69) is 20.8 Å². The lowest BCUT2D eigenvalue weighted by Crippen LogP contribution is -2.45. The summed E-state index contributed by atoms with van der Waals surface area (Å²) in [5.41, 5.74) is -0.0355. The Bertz CT molecular complexity index is 158. The van der Waals surface area contributed by atoms with Gasteiger partial charge in [-0.25, -0.2) is 8.70 Å². The average molecular weight is 193 g/mol. The van der Waals surface area contributed by atoms with Crippen molar-refractivity contribution >= 4 is 12.2 Å². The maximum Gasteiger partial charge on any atom is 0.116 e. The summed E-state index contributed by atoms with van der Waals surface area (Å²) in [5.74, 6) is 0. The summed E-state index contributed by atoms with van der Waals surface area (Å²) in [6.07, 6.45) is -0.834. The number of halogens is 1. The van der Waals surface area contributed by atoms with Crippen LogP contribution in [0.25, 0.3) is 0 Å². The molecule has 0 unspecified atom stereocenters. The summed E-state index contributed by atoms with van der Waals surface area (Å²) >= 11 is 1.28. The predicted molar refractivity (Wildman–Crippen MR) is 49.5 cm³/mol. The lowest BCUT2D eigenvalue weighted by atomic mass is 10.1. The van der Waals surface area contributed by atoms with Crippen LogP contribution < -0.4 is 0 Å². The Morgan fingerprint density at radius 3 is 2.50 bits per heavy atom. The van der Waals surface area contributed by atoms with Gasteiger partial charge in [0.15, 0.2) is 0 Å². The van der Waals surface area contributed by atoms with Crippen molar-refractivity contribution < 1.29 is 8.57 Å². The largest absolute Gasteiger partial charge is 0.299 e. The van der Waals surface area contributed by atoms with Gasteiger partial charge in [-0.1, -0.05) is 0 Å². The number of hydrogen-bond acceptors (Lipinski definition) is 3. The Balaban J connectivity index is 2.64. The zero-order chi connectivity index (χ0) is 9.35. The Labute approximate surface area is 77.8 Å². The van der Waals surface area contributed by atoms with E-state index in [1.54, 1.807) is 6.92 Å². The first-order chi connectivity index (χ1) is 5.43. The molecular weight excluding hydrogens is 177 g/mol. The Hall–Kier alpha value is 0.200. The zero-order valence-corrected chi connectivity index (χ0v) is 8.82. The monoisotopic (exact) mass is 193 g/mol. The first-order valence-corrected chi connectivity index (χ1v) is 4.86. The van der Waals surface area contributed by atoms with Crippen LogP contribution in [0.4, 0.5) is 4.39 Å². The second-order valence-electron chi connectivity index (χ2n) is 4.10. The molecule has 1 heterocycles. The summed E-state index contributed by atoms with van der Waals surface area (Å²) in [6.45, 7) is 8.25. The molecule has 1 rings (SSSR count). The lowest BCUT2D eigenvalue weighted by Gasteiger charge is -2.33. The van der Waals surface area contributed by atoms with Crippen LogP contribution in [0.3, 0.4) is 0 Å². The minimum atomic E-state index is -0.834. The molecular formula is C8H16FNOS. The predicted octanol–water partition coefficient (Wildman–Crippen LogP) is 2.41. The standard InChI is InChI=1S/C8H16FNOS/c1-6(9)7-5-11-12-10(7)8(2,3)4/h6-7H,5H2,1-4H3/t6-,7+/m0/s1. The first kappa shape index (κ1) is 10.3. The summed E-state index contributed by atoms with van der Waals surface area (Å²) < 4.78 is 20.2. The summed E-state index contributed by atoms with van der Waals surface area (Å²) in [5, 5.41) is 0. The SMILES string of the molecule is C[C@H](F)[C@H]1COSN1C(C)(C)C. The summed E-state index contributed by atoms with van der Waals surface area (Å²) in [7, 11) is 0. The number of hydrogen-bond donors (Lipinski definition) is 0. The van der Waals surface area contributed by atoms with E-state index < -0.39 is 6.17 Å². The van der Waals surface area contributed by atoms with Crippen LogP contribution in [0.15, 0.2) is 0 Å². The maximum atomic E-state index is 13.1. The van der Waals surface area contributed by atoms with E-state index in [1.165, 1.54) is 12.2 Å². The van der Waals surface area contributed by atoms with Crippen molar-refractivity contribution in [3.63, 3.8) is 0 Å². The third-order valence-electron chi connectivity index (χ3n) is 1.86. The Kier molecular flexibility index (Phi) is 3.01. The molecule has 0 saturated carbocycles. The van der Waals surface area contributed by atoms with E-state index in [0.29, 0.717) is 6.61 Å². The highest BCUT2D eigenvalue weighted by Gasteiger charge is 2.38. The first-order valence-electron chi connectivity index (χ1n) is 4.16. The van der Waals surface area contributed by atoms with Crippen molar-refractivity contribution in [3.05, 3.63) is 0 Å². The maximum absolute atomic E-state index is 13.1. The fourth-order valence-electron chi connectivity index (χ4n) is 1.21. The van der Waals surface area contributed by atoms with Crippen molar-refractivity contribution in [1.82, 2.24) is 4.31 Å². The van der Waals surface area contributed by atoms with Gasteiger partial charge in [-0.15, -0.1) is 0 Å². The molecule has 4 heteroatoms. The van der Waals surface area contributed by atoms with Gasteiger partial charge in [0.1, 0.15) is 6.17 Å². The minimum absolute atomic E-state index is 0.0355. The van der Waals surface area contributed by atoms with Crippen LogP contribution in [0.5, 0.6) is 0 Å². The number of rotatable bonds is 1. The van der Waals surface area contributed by atoms with Crippen LogP contribution in [0.2, 0.25) is 0 Å². The van der Waals surface area contributed by atoms with Gasteiger partial charge in [0.2, 0.25) is 0 Å². The molecule has 2 atom stereocenters. The zero-order valence-electron chi connectivity index (χ0n) is 8.00. The Morgan fingerprint density at radius 2 is 2.17 bits per heavy atom. The topological polar surface area (TPSA) is 12.5 Å². The molecule has 72 valence electrons. The van der Waals surface area contributed by atoms with Crippen molar-refractivity contribution in [2.75, 3.05) is 6.61 Å². The molecule has 0 aromatic carbocycles. The van der Waals surface area contributed by atoms with Crippen LogP contribution in [-0.2, 0) is 4.18 Å². The van der Waals surface area contributed by atoms with Crippen molar-refractivity contribution in [3.8, 4) is 0 Å². The summed E-state index contributed by atoms with van der Waals surface area (Å²) in [6, 6.07) is -0.102.